The highest BCUT2D eigenvalue weighted by Gasteiger charge is 2.11. The summed E-state index contributed by atoms with van der Waals surface area (Å²) in [5.74, 6) is 0.171. The Hall–Kier alpha value is -1.02. The summed E-state index contributed by atoms with van der Waals surface area (Å²) in [5.41, 5.74) is 0.622. The number of nitrogens with one attached hydrogen (secondary N) is 1. The highest BCUT2D eigenvalue weighted by Crippen LogP contribution is 2.22. The van der Waals surface area contributed by atoms with Crippen LogP contribution in [0.1, 0.15) is 35.1 Å². The third-order valence-corrected chi connectivity index (χ3v) is 4.12. The summed E-state index contributed by atoms with van der Waals surface area (Å²) in [6, 6.07) is 7.38. The van der Waals surface area contributed by atoms with Gasteiger partial charge in [-0.15, -0.1) is 10.2 Å². The Morgan fingerprint density at radius 2 is 1.94 bits per heavy atom. The van der Waals surface area contributed by atoms with Crippen LogP contribution in [-0.4, -0.2) is 16.1 Å². The van der Waals surface area contributed by atoms with E-state index in [2.05, 4.69) is 38.1 Å². The average Bonchev–Trinajstić information content (AvgIpc) is 2.78. The van der Waals surface area contributed by atoms with E-state index in [0.29, 0.717) is 16.6 Å². The minimum Gasteiger partial charge on any atom is -0.296 e. The van der Waals surface area contributed by atoms with Gasteiger partial charge in [0.15, 0.2) is 0 Å². The fourth-order valence-corrected chi connectivity index (χ4v) is 2.39. The van der Waals surface area contributed by atoms with Crippen LogP contribution in [0.4, 0.5) is 5.13 Å². The minimum atomic E-state index is -0.155. The SMILES string of the molecule is CC(C)c1nnc(NC(=O)c2ccc(I)cc2)s1. The number of amides is 1. The average molecular weight is 373 g/mol. The first kappa shape index (κ1) is 13.4. The van der Waals surface area contributed by atoms with Crippen LogP contribution in [0.2, 0.25) is 0 Å². The van der Waals surface area contributed by atoms with Gasteiger partial charge in [-0.05, 0) is 46.9 Å². The smallest absolute Gasteiger partial charge is 0.257 e. The summed E-state index contributed by atoms with van der Waals surface area (Å²) in [6.45, 7) is 4.09. The Labute approximate surface area is 123 Å². The van der Waals surface area contributed by atoms with Crippen LogP contribution in [0.15, 0.2) is 24.3 Å². The number of aromatic nitrogens is 2. The van der Waals surface area contributed by atoms with Gasteiger partial charge in [-0.2, -0.15) is 0 Å². The van der Waals surface area contributed by atoms with Crippen molar-refractivity contribution in [2.75, 3.05) is 5.32 Å². The number of rotatable bonds is 3. The van der Waals surface area contributed by atoms with E-state index in [1.165, 1.54) is 11.3 Å². The predicted molar refractivity (Wildman–Crippen MR) is 81.1 cm³/mol. The zero-order chi connectivity index (χ0) is 13.1. The van der Waals surface area contributed by atoms with Crippen LogP contribution in [-0.2, 0) is 0 Å². The molecule has 1 amide bonds. The Morgan fingerprint density at radius 1 is 1.28 bits per heavy atom. The van der Waals surface area contributed by atoms with Gasteiger partial charge in [0.05, 0.1) is 0 Å². The van der Waals surface area contributed by atoms with Gasteiger partial charge in [0.25, 0.3) is 5.91 Å². The standard InChI is InChI=1S/C12H12IN3OS/c1-7(2)11-15-16-12(18-11)14-10(17)8-3-5-9(13)6-4-8/h3-7H,1-2H3,(H,14,16,17). The molecule has 1 aromatic heterocycles. The number of benzene rings is 1. The van der Waals surface area contributed by atoms with Crippen LogP contribution in [0, 0.1) is 3.57 Å². The molecule has 0 spiro atoms. The highest BCUT2D eigenvalue weighted by atomic mass is 127. The van der Waals surface area contributed by atoms with Gasteiger partial charge in [0.1, 0.15) is 5.01 Å². The Kier molecular flexibility index (Phi) is 4.28. The summed E-state index contributed by atoms with van der Waals surface area (Å²) >= 11 is 3.61. The van der Waals surface area contributed by atoms with Crippen molar-refractivity contribution in [3.8, 4) is 0 Å². The summed E-state index contributed by atoms with van der Waals surface area (Å²) in [7, 11) is 0. The fourth-order valence-electron chi connectivity index (χ4n) is 1.29. The van der Waals surface area contributed by atoms with Crippen molar-refractivity contribution in [3.63, 3.8) is 0 Å². The summed E-state index contributed by atoms with van der Waals surface area (Å²) < 4.78 is 1.10. The summed E-state index contributed by atoms with van der Waals surface area (Å²) in [6.07, 6.45) is 0. The maximum Gasteiger partial charge on any atom is 0.257 e. The van der Waals surface area contributed by atoms with Crippen molar-refractivity contribution in [1.82, 2.24) is 10.2 Å². The number of nitrogens with zero attached hydrogens (tertiary/aromatic N) is 2. The molecule has 4 nitrogen and oxygen atoms in total. The molecule has 2 aromatic rings. The van der Waals surface area contributed by atoms with Crippen LogP contribution >= 0.6 is 33.9 Å². The first-order valence-corrected chi connectivity index (χ1v) is 7.36. The predicted octanol–water partition coefficient (Wildman–Crippen LogP) is 3.52. The number of carbonyl (C=O) groups excluding carboxylic acids is 1. The molecule has 94 valence electrons. The molecule has 0 saturated heterocycles. The van der Waals surface area contributed by atoms with Crippen LogP contribution in [0.25, 0.3) is 0 Å². The van der Waals surface area contributed by atoms with Crippen molar-refractivity contribution in [2.45, 2.75) is 19.8 Å². The van der Waals surface area contributed by atoms with E-state index in [1.54, 1.807) is 12.1 Å². The zero-order valence-corrected chi connectivity index (χ0v) is 12.9. The number of carbonyl (C=O) groups is 1. The van der Waals surface area contributed by atoms with Gasteiger partial charge >= 0.3 is 0 Å². The lowest BCUT2D eigenvalue weighted by Gasteiger charge is -2.01. The molecule has 0 unspecified atom stereocenters. The Bertz CT molecular complexity index is 551. The quantitative estimate of drug-likeness (QED) is 0.838. The monoisotopic (exact) mass is 373 g/mol. The minimum absolute atomic E-state index is 0.155. The normalized spacial score (nSPS) is 10.7. The van der Waals surface area contributed by atoms with Crippen LogP contribution in [0.5, 0.6) is 0 Å². The van der Waals surface area contributed by atoms with Crippen LogP contribution in [0.3, 0.4) is 0 Å². The van der Waals surface area contributed by atoms with Gasteiger partial charge in [0, 0.05) is 15.1 Å². The molecule has 0 aliphatic heterocycles. The zero-order valence-electron chi connectivity index (χ0n) is 9.98. The maximum atomic E-state index is 11.9. The topological polar surface area (TPSA) is 54.9 Å². The van der Waals surface area contributed by atoms with E-state index in [4.69, 9.17) is 0 Å². The summed E-state index contributed by atoms with van der Waals surface area (Å²) in [4.78, 5) is 11.9. The molecule has 0 aliphatic rings. The van der Waals surface area contributed by atoms with Crippen LogP contribution < -0.4 is 5.32 Å². The van der Waals surface area contributed by atoms with Gasteiger partial charge in [-0.1, -0.05) is 25.2 Å². The van der Waals surface area contributed by atoms with Gasteiger partial charge in [-0.3, -0.25) is 10.1 Å². The van der Waals surface area contributed by atoms with Crippen molar-refractivity contribution in [3.05, 3.63) is 38.4 Å². The van der Waals surface area contributed by atoms with Gasteiger partial charge in [-0.25, -0.2) is 0 Å². The molecule has 2 rings (SSSR count). The van der Waals surface area contributed by atoms with E-state index in [-0.39, 0.29) is 5.91 Å². The molecule has 1 aromatic carbocycles. The second-order valence-electron chi connectivity index (χ2n) is 4.06. The number of hydrogen-bond donors (Lipinski definition) is 1. The molecule has 0 radical (unpaired) electrons. The maximum absolute atomic E-state index is 11.9. The van der Waals surface area contributed by atoms with Crippen molar-refractivity contribution in [1.29, 1.82) is 0 Å². The largest absolute Gasteiger partial charge is 0.296 e. The molecule has 0 aliphatic carbocycles. The molecular weight excluding hydrogens is 361 g/mol. The first-order valence-electron chi connectivity index (χ1n) is 5.46. The third kappa shape index (κ3) is 3.26. The second kappa shape index (κ2) is 5.75. The van der Waals surface area contributed by atoms with E-state index in [0.717, 1.165) is 8.58 Å². The molecule has 0 saturated carbocycles. The lowest BCUT2D eigenvalue weighted by atomic mass is 10.2. The van der Waals surface area contributed by atoms with Gasteiger partial charge < -0.3 is 0 Å². The molecule has 1 N–H and O–H groups in total. The molecule has 0 bridgehead atoms. The lowest BCUT2D eigenvalue weighted by molar-refractivity contribution is 0.102. The van der Waals surface area contributed by atoms with Crippen molar-refractivity contribution >= 4 is 45.0 Å². The molecule has 18 heavy (non-hydrogen) atoms. The second-order valence-corrected chi connectivity index (χ2v) is 6.32. The summed E-state index contributed by atoms with van der Waals surface area (Å²) in [5, 5.41) is 12.2. The van der Waals surface area contributed by atoms with Crippen molar-refractivity contribution < 1.29 is 4.79 Å². The fraction of sp³-hybridized carbons (Fsp3) is 0.250. The molecule has 1 heterocycles. The lowest BCUT2D eigenvalue weighted by Crippen LogP contribution is -2.11. The molecule has 0 fully saturated rings. The van der Waals surface area contributed by atoms with E-state index in [9.17, 15) is 4.79 Å². The van der Waals surface area contributed by atoms with Gasteiger partial charge in [0.2, 0.25) is 5.13 Å². The van der Waals surface area contributed by atoms with E-state index >= 15 is 0 Å². The number of anilines is 1. The van der Waals surface area contributed by atoms with Crippen molar-refractivity contribution in [2.24, 2.45) is 0 Å². The van der Waals surface area contributed by atoms with E-state index < -0.39 is 0 Å². The molecular formula is C12H12IN3OS. The highest BCUT2D eigenvalue weighted by molar-refractivity contribution is 14.1. The molecule has 0 atom stereocenters. The number of halogens is 1. The Morgan fingerprint density at radius 3 is 2.50 bits per heavy atom. The Balaban J connectivity index is 2.08. The number of hydrogen-bond acceptors (Lipinski definition) is 4. The first-order chi connectivity index (χ1) is 8.56. The van der Waals surface area contributed by atoms with E-state index in [1.807, 2.05) is 26.0 Å². The third-order valence-electron chi connectivity index (χ3n) is 2.26. The molecule has 6 heteroatoms.